The van der Waals surface area contributed by atoms with Gasteiger partial charge < -0.3 is 5.21 Å². The third-order valence-electron chi connectivity index (χ3n) is 2.12. The molecule has 0 aliphatic carbocycles. The van der Waals surface area contributed by atoms with Crippen LogP contribution in [0.2, 0.25) is 10.0 Å². The zero-order valence-corrected chi connectivity index (χ0v) is 11.7. The lowest BCUT2D eigenvalue weighted by Crippen LogP contribution is -1.98. The molecule has 0 aliphatic heterocycles. The second kappa shape index (κ2) is 8.19. The average molecular weight is 311 g/mol. The van der Waals surface area contributed by atoms with Crippen LogP contribution in [-0.4, -0.2) is 17.2 Å². The summed E-state index contributed by atoms with van der Waals surface area (Å²) in [5.41, 5.74) is 0.519. The van der Waals surface area contributed by atoms with Crippen molar-refractivity contribution in [3.63, 3.8) is 0 Å². The SMILES string of the molecule is O=C(C=NO)c1ccccc1.[O]c1ccc(Cl)c(Cl)c1. The van der Waals surface area contributed by atoms with Crippen molar-refractivity contribution in [2.24, 2.45) is 5.16 Å². The maximum Gasteiger partial charge on any atom is 0.207 e. The van der Waals surface area contributed by atoms with E-state index in [0.29, 0.717) is 15.6 Å². The van der Waals surface area contributed by atoms with Crippen LogP contribution in [-0.2, 0) is 5.11 Å². The van der Waals surface area contributed by atoms with Crippen LogP contribution in [0.25, 0.3) is 0 Å². The number of carbonyl (C=O) groups excluding carboxylic acids is 1. The zero-order chi connectivity index (χ0) is 15.0. The molecule has 0 unspecified atom stereocenters. The molecule has 0 heterocycles. The number of rotatable bonds is 2. The summed E-state index contributed by atoms with van der Waals surface area (Å²) in [6.07, 6.45) is 0.870. The van der Waals surface area contributed by atoms with Gasteiger partial charge in [-0.15, -0.1) is 0 Å². The first kappa shape index (κ1) is 16.0. The lowest BCUT2D eigenvalue weighted by molar-refractivity contribution is 0.106. The Balaban J connectivity index is 0.000000204. The van der Waals surface area contributed by atoms with E-state index in [1.807, 2.05) is 6.07 Å². The van der Waals surface area contributed by atoms with E-state index in [1.54, 1.807) is 24.3 Å². The summed E-state index contributed by atoms with van der Waals surface area (Å²) in [5.74, 6) is -0.419. The van der Waals surface area contributed by atoms with Crippen LogP contribution in [0.1, 0.15) is 10.4 Å². The summed E-state index contributed by atoms with van der Waals surface area (Å²) in [5, 5.41) is 21.9. The number of hydrogen-bond donors (Lipinski definition) is 1. The minimum Gasteiger partial charge on any atom is -0.411 e. The molecule has 2 aromatic rings. The van der Waals surface area contributed by atoms with Crippen LogP contribution in [0.5, 0.6) is 5.75 Å². The molecule has 6 heteroatoms. The molecular weight excluding hydrogens is 301 g/mol. The Morgan fingerprint density at radius 2 is 1.70 bits per heavy atom. The summed E-state index contributed by atoms with van der Waals surface area (Å²) in [6.45, 7) is 0. The summed E-state index contributed by atoms with van der Waals surface area (Å²) < 4.78 is 0. The number of halogens is 2. The number of hydrogen-bond acceptors (Lipinski definition) is 3. The van der Waals surface area contributed by atoms with Gasteiger partial charge in [0.1, 0.15) is 6.21 Å². The van der Waals surface area contributed by atoms with Gasteiger partial charge >= 0.3 is 0 Å². The fraction of sp³-hybridized carbons (Fsp3) is 0. The van der Waals surface area contributed by atoms with Crippen LogP contribution >= 0.6 is 23.2 Å². The fourth-order valence-electron chi connectivity index (χ4n) is 1.21. The number of benzene rings is 2. The highest BCUT2D eigenvalue weighted by Crippen LogP contribution is 2.25. The minimum absolute atomic E-state index is 0.121. The first-order valence-corrected chi connectivity index (χ1v) is 6.19. The van der Waals surface area contributed by atoms with Gasteiger partial charge in [-0.1, -0.05) is 58.7 Å². The van der Waals surface area contributed by atoms with Crippen molar-refractivity contribution in [1.82, 2.24) is 0 Å². The highest BCUT2D eigenvalue weighted by Gasteiger charge is 1.99. The Morgan fingerprint density at radius 3 is 2.20 bits per heavy atom. The van der Waals surface area contributed by atoms with E-state index in [-0.39, 0.29) is 11.5 Å². The molecule has 1 radical (unpaired) electrons. The van der Waals surface area contributed by atoms with Gasteiger partial charge in [0.05, 0.1) is 10.0 Å². The molecule has 0 fully saturated rings. The van der Waals surface area contributed by atoms with Crippen molar-refractivity contribution in [2.45, 2.75) is 0 Å². The molecule has 103 valence electrons. The predicted octanol–water partition coefficient (Wildman–Crippen LogP) is 4.47. The fourth-order valence-corrected chi connectivity index (χ4v) is 1.49. The number of nitrogens with zero attached hydrogens (tertiary/aromatic N) is 1. The van der Waals surface area contributed by atoms with Crippen LogP contribution in [0.15, 0.2) is 53.7 Å². The normalized spacial score (nSPS) is 9.90. The lowest BCUT2D eigenvalue weighted by Gasteiger charge is -1.91. The number of ketones is 1. The predicted molar refractivity (Wildman–Crippen MR) is 77.6 cm³/mol. The number of oxime groups is 1. The molecule has 0 spiro atoms. The number of Topliss-reactive ketones (excluding diaryl/α,β-unsaturated/α-hetero) is 1. The van der Waals surface area contributed by atoms with E-state index in [2.05, 4.69) is 5.16 Å². The maximum absolute atomic E-state index is 10.9. The van der Waals surface area contributed by atoms with Gasteiger partial charge in [-0.3, -0.25) is 9.90 Å². The van der Waals surface area contributed by atoms with Gasteiger partial charge in [0, 0.05) is 11.6 Å². The first-order chi connectivity index (χ1) is 9.54. The molecule has 1 N–H and O–H groups in total. The van der Waals surface area contributed by atoms with Gasteiger partial charge in [0.15, 0.2) is 5.75 Å². The average Bonchev–Trinajstić information content (AvgIpc) is 2.45. The molecule has 0 saturated heterocycles. The summed E-state index contributed by atoms with van der Waals surface area (Å²) >= 11 is 11.0. The van der Waals surface area contributed by atoms with Crippen molar-refractivity contribution >= 4 is 35.2 Å². The van der Waals surface area contributed by atoms with Crippen molar-refractivity contribution in [2.75, 3.05) is 0 Å². The Labute approximate surface area is 125 Å². The minimum atomic E-state index is -0.298. The van der Waals surface area contributed by atoms with Crippen LogP contribution < -0.4 is 0 Å². The van der Waals surface area contributed by atoms with Crippen molar-refractivity contribution in [1.29, 1.82) is 0 Å². The van der Waals surface area contributed by atoms with E-state index in [1.165, 1.54) is 18.2 Å². The molecule has 4 nitrogen and oxygen atoms in total. The zero-order valence-electron chi connectivity index (χ0n) is 10.2. The topological polar surface area (TPSA) is 69.6 Å². The third-order valence-corrected chi connectivity index (χ3v) is 2.86. The standard InChI is InChI=1S/C8H7NO2.C6H3Cl2O/c10-8(6-9-11)7-4-2-1-3-5-7;7-5-2-1-4(9)3-6(5)8/h1-6,11H;1-3H. The molecular formula is C14H10Cl2NO3. The third kappa shape index (κ3) is 5.30. The lowest BCUT2D eigenvalue weighted by atomic mass is 10.1. The Hall–Kier alpha value is -2.04. The molecule has 0 bridgehead atoms. The van der Waals surface area contributed by atoms with Crippen LogP contribution in [0.3, 0.4) is 0 Å². The molecule has 0 aliphatic rings. The highest BCUT2D eigenvalue weighted by atomic mass is 35.5. The smallest absolute Gasteiger partial charge is 0.207 e. The van der Waals surface area contributed by atoms with Crippen molar-refractivity contribution in [3.05, 3.63) is 64.1 Å². The van der Waals surface area contributed by atoms with E-state index in [4.69, 9.17) is 28.4 Å². The summed E-state index contributed by atoms with van der Waals surface area (Å²) in [4.78, 5) is 10.9. The highest BCUT2D eigenvalue weighted by molar-refractivity contribution is 6.42. The molecule has 0 amide bonds. The Morgan fingerprint density at radius 1 is 1.05 bits per heavy atom. The van der Waals surface area contributed by atoms with Gasteiger partial charge in [-0.25, -0.2) is 0 Å². The molecule has 0 saturated carbocycles. The molecule has 2 aromatic carbocycles. The molecule has 0 aromatic heterocycles. The van der Waals surface area contributed by atoms with E-state index in [0.717, 1.165) is 6.21 Å². The number of carbonyl (C=O) groups is 1. The Kier molecular flexibility index (Phi) is 6.56. The van der Waals surface area contributed by atoms with Gasteiger partial charge in [-0.2, -0.15) is 0 Å². The molecule has 20 heavy (non-hydrogen) atoms. The monoisotopic (exact) mass is 310 g/mol. The van der Waals surface area contributed by atoms with E-state index >= 15 is 0 Å². The molecule has 2 rings (SSSR count). The largest absolute Gasteiger partial charge is 0.411 e. The second-order valence-electron chi connectivity index (χ2n) is 3.55. The summed E-state index contributed by atoms with van der Waals surface area (Å²) in [7, 11) is 0. The summed E-state index contributed by atoms with van der Waals surface area (Å²) in [6, 6.07) is 12.8. The van der Waals surface area contributed by atoms with Gasteiger partial charge in [-0.05, 0) is 12.1 Å². The first-order valence-electron chi connectivity index (χ1n) is 5.43. The molecule has 0 atom stereocenters. The second-order valence-corrected chi connectivity index (χ2v) is 4.37. The van der Waals surface area contributed by atoms with E-state index in [9.17, 15) is 9.90 Å². The van der Waals surface area contributed by atoms with Crippen molar-refractivity contribution in [3.8, 4) is 5.75 Å². The Bertz CT molecular complexity index is 601. The van der Waals surface area contributed by atoms with Crippen molar-refractivity contribution < 1.29 is 15.1 Å². The van der Waals surface area contributed by atoms with Crippen LogP contribution in [0.4, 0.5) is 0 Å². The quantitative estimate of drug-likeness (QED) is 0.385. The van der Waals surface area contributed by atoms with E-state index < -0.39 is 0 Å². The van der Waals surface area contributed by atoms with Gasteiger partial charge in [0.2, 0.25) is 5.78 Å². The van der Waals surface area contributed by atoms with Gasteiger partial charge in [0.25, 0.3) is 0 Å². The van der Waals surface area contributed by atoms with Crippen LogP contribution in [0, 0.1) is 0 Å². The maximum atomic E-state index is 10.9.